The van der Waals surface area contributed by atoms with Crippen LogP contribution in [0, 0.1) is 5.82 Å². The monoisotopic (exact) mass is 301 g/mol. The molecule has 0 spiro atoms. The molecule has 1 amide bonds. The predicted octanol–water partition coefficient (Wildman–Crippen LogP) is 2.27. The molecule has 0 saturated carbocycles. The van der Waals surface area contributed by atoms with Crippen molar-refractivity contribution in [3.63, 3.8) is 0 Å². The summed E-state index contributed by atoms with van der Waals surface area (Å²) in [6, 6.07) is 4.76. The first-order valence-electron chi connectivity index (χ1n) is 7.17. The van der Waals surface area contributed by atoms with Gasteiger partial charge >= 0.3 is 0 Å². The van der Waals surface area contributed by atoms with Crippen molar-refractivity contribution in [2.45, 2.75) is 25.0 Å². The molecule has 0 radical (unpaired) electrons. The Morgan fingerprint density at radius 2 is 2.09 bits per heavy atom. The van der Waals surface area contributed by atoms with Crippen molar-refractivity contribution < 1.29 is 13.9 Å². The number of halogens is 1. The number of aromatic nitrogens is 2. The van der Waals surface area contributed by atoms with E-state index in [0.29, 0.717) is 6.61 Å². The Labute approximate surface area is 127 Å². The van der Waals surface area contributed by atoms with E-state index in [2.05, 4.69) is 15.3 Å². The van der Waals surface area contributed by atoms with Crippen LogP contribution >= 0.6 is 0 Å². The van der Waals surface area contributed by atoms with E-state index in [1.165, 1.54) is 12.3 Å². The van der Waals surface area contributed by atoms with Crippen molar-refractivity contribution in [3.8, 4) is 0 Å². The largest absolute Gasteiger partial charge is 0.371 e. The van der Waals surface area contributed by atoms with E-state index >= 15 is 0 Å². The number of carbonyl (C=O) groups excluding carboxylic acids is 1. The van der Waals surface area contributed by atoms with Crippen LogP contribution in [-0.4, -0.2) is 28.5 Å². The molecule has 2 aromatic rings. The van der Waals surface area contributed by atoms with Crippen molar-refractivity contribution in [1.29, 1.82) is 0 Å². The minimum Gasteiger partial charge on any atom is -0.371 e. The van der Waals surface area contributed by atoms with Crippen molar-refractivity contribution in [1.82, 2.24) is 15.3 Å². The van der Waals surface area contributed by atoms with Gasteiger partial charge in [0.05, 0.1) is 17.8 Å². The third-order valence-electron chi connectivity index (χ3n) is 3.64. The number of carbonyl (C=O) groups is 1. The topological polar surface area (TPSA) is 64.1 Å². The lowest BCUT2D eigenvalue weighted by molar-refractivity contribution is -0.00950. The summed E-state index contributed by atoms with van der Waals surface area (Å²) >= 11 is 0. The molecule has 6 heteroatoms. The molecule has 3 heterocycles. The Morgan fingerprint density at radius 1 is 1.27 bits per heavy atom. The van der Waals surface area contributed by atoms with Gasteiger partial charge < -0.3 is 10.1 Å². The highest BCUT2D eigenvalue weighted by Gasteiger charge is 2.29. The molecule has 22 heavy (non-hydrogen) atoms. The molecule has 2 atom stereocenters. The van der Waals surface area contributed by atoms with Crippen LogP contribution in [0.25, 0.3) is 0 Å². The third-order valence-corrected chi connectivity index (χ3v) is 3.64. The molecule has 1 fully saturated rings. The van der Waals surface area contributed by atoms with Gasteiger partial charge in [0.2, 0.25) is 0 Å². The fourth-order valence-electron chi connectivity index (χ4n) is 2.60. The van der Waals surface area contributed by atoms with Crippen molar-refractivity contribution in [2.75, 3.05) is 6.61 Å². The minimum atomic E-state index is -0.529. The molecule has 0 aliphatic carbocycles. The van der Waals surface area contributed by atoms with Crippen LogP contribution in [0.1, 0.15) is 34.9 Å². The van der Waals surface area contributed by atoms with Crippen LogP contribution < -0.4 is 5.32 Å². The van der Waals surface area contributed by atoms with E-state index in [-0.39, 0.29) is 23.6 Å². The van der Waals surface area contributed by atoms with Gasteiger partial charge in [-0.3, -0.25) is 14.8 Å². The molecule has 0 bridgehead atoms. The lowest BCUT2D eigenvalue weighted by Gasteiger charge is -2.32. The molecular weight excluding hydrogens is 285 g/mol. The second kappa shape index (κ2) is 6.62. The van der Waals surface area contributed by atoms with E-state index in [0.717, 1.165) is 24.6 Å². The first-order chi connectivity index (χ1) is 10.7. The molecular formula is C16H16FN3O2. The molecule has 5 nitrogen and oxygen atoms in total. The summed E-state index contributed by atoms with van der Waals surface area (Å²) in [5.74, 6) is -0.875. The van der Waals surface area contributed by atoms with Crippen LogP contribution in [0.15, 0.2) is 43.0 Å². The summed E-state index contributed by atoms with van der Waals surface area (Å²) in [7, 11) is 0. The summed E-state index contributed by atoms with van der Waals surface area (Å²) in [6.45, 7) is 0.654. The SMILES string of the molecule is O=C(N[C@H]1CCCO[C@@H]1c1ccncc1)c1cncc(F)c1. The Hall–Kier alpha value is -2.34. The fourth-order valence-corrected chi connectivity index (χ4v) is 2.60. The zero-order valence-electron chi connectivity index (χ0n) is 11.9. The molecule has 0 unspecified atom stereocenters. The van der Waals surface area contributed by atoms with E-state index < -0.39 is 5.82 Å². The number of pyridine rings is 2. The standard InChI is InChI=1S/C16H16FN3O2/c17-13-8-12(9-19-10-13)16(21)20-14-2-1-7-22-15(14)11-3-5-18-6-4-11/h3-6,8-10,14-15H,1-2,7H2,(H,20,21)/t14-,15+/m0/s1. The Kier molecular flexibility index (Phi) is 4.39. The molecule has 1 N–H and O–H groups in total. The zero-order valence-corrected chi connectivity index (χ0v) is 11.9. The number of hydrogen-bond donors (Lipinski definition) is 1. The molecule has 3 rings (SSSR count). The Balaban J connectivity index is 1.76. The van der Waals surface area contributed by atoms with Crippen molar-refractivity contribution >= 4 is 5.91 Å². The number of nitrogens with one attached hydrogen (secondary N) is 1. The molecule has 1 aliphatic heterocycles. The second-order valence-electron chi connectivity index (χ2n) is 5.19. The van der Waals surface area contributed by atoms with Gasteiger partial charge in [-0.15, -0.1) is 0 Å². The minimum absolute atomic E-state index is 0.160. The quantitative estimate of drug-likeness (QED) is 0.944. The molecule has 2 aromatic heterocycles. The highest BCUT2D eigenvalue weighted by molar-refractivity contribution is 5.94. The highest BCUT2D eigenvalue weighted by atomic mass is 19.1. The maximum absolute atomic E-state index is 13.2. The molecule has 114 valence electrons. The lowest BCUT2D eigenvalue weighted by atomic mass is 9.96. The molecule has 1 aliphatic rings. The Morgan fingerprint density at radius 3 is 2.86 bits per heavy atom. The number of nitrogens with zero attached hydrogens (tertiary/aromatic N) is 2. The molecule has 0 aromatic carbocycles. The fraction of sp³-hybridized carbons (Fsp3) is 0.312. The summed E-state index contributed by atoms with van der Waals surface area (Å²) in [6.07, 6.45) is 7.27. The summed E-state index contributed by atoms with van der Waals surface area (Å²) < 4.78 is 19.0. The maximum atomic E-state index is 13.2. The third kappa shape index (κ3) is 3.28. The smallest absolute Gasteiger partial charge is 0.253 e. The van der Waals surface area contributed by atoms with Gasteiger partial charge in [0.25, 0.3) is 5.91 Å². The number of hydrogen-bond acceptors (Lipinski definition) is 4. The number of amides is 1. The van der Waals surface area contributed by atoms with Gasteiger partial charge in [-0.25, -0.2) is 4.39 Å². The van der Waals surface area contributed by atoms with Gasteiger partial charge in [0, 0.05) is 25.2 Å². The van der Waals surface area contributed by atoms with E-state index in [9.17, 15) is 9.18 Å². The highest BCUT2D eigenvalue weighted by Crippen LogP contribution is 2.28. The summed E-state index contributed by atoms with van der Waals surface area (Å²) in [4.78, 5) is 19.9. The Bertz CT molecular complexity index is 651. The summed E-state index contributed by atoms with van der Waals surface area (Å²) in [5.41, 5.74) is 1.18. The summed E-state index contributed by atoms with van der Waals surface area (Å²) in [5, 5.41) is 2.92. The van der Waals surface area contributed by atoms with Gasteiger partial charge in [0.15, 0.2) is 0 Å². The maximum Gasteiger partial charge on any atom is 0.253 e. The first-order valence-corrected chi connectivity index (χ1v) is 7.17. The average molecular weight is 301 g/mol. The normalized spacial score (nSPS) is 21.3. The van der Waals surface area contributed by atoms with E-state index in [1.54, 1.807) is 12.4 Å². The number of rotatable bonds is 3. The van der Waals surface area contributed by atoms with Crippen LogP contribution in [0.2, 0.25) is 0 Å². The lowest BCUT2D eigenvalue weighted by Crippen LogP contribution is -2.42. The first kappa shape index (κ1) is 14.6. The zero-order chi connectivity index (χ0) is 15.4. The van der Waals surface area contributed by atoms with Gasteiger partial charge in [-0.2, -0.15) is 0 Å². The van der Waals surface area contributed by atoms with Crippen LogP contribution in [0.4, 0.5) is 4.39 Å². The van der Waals surface area contributed by atoms with Crippen LogP contribution in [0.5, 0.6) is 0 Å². The van der Waals surface area contributed by atoms with Gasteiger partial charge in [-0.1, -0.05) is 0 Å². The van der Waals surface area contributed by atoms with Gasteiger partial charge in [-0.05, 0) is 36.6 Å². The van der Waals surface area contributed by atoms with Crippen LogP contribution in [0.3, 0.4) is 0 Å². The molecule has 1 saturated heterocycles. The predicted molar refractivity (Wildman–Crippen MR) is 77.6 cm³/mol. The van der Waals surface area contributed by atoms with E-state index in [4.69, 9.17) is 4.74 Å². The average Bonchev–Trinajstić information content (AvgIpc) is 2.56. The van der Waals surface area contributed by atoms with E-state index in [1.807, 2.05) is 12.1 Å². The van der Waals surface area contributed by atoms with Gasteiger partial charge in [0.1, 0.15) is 11.9 Å². The second-order valence-corrected chi connectivity index (χ2v) is 5.19. The van der Waals surface area contributed by atoms with Crippen molar-refractivity contribution in [2.24, 2.45) is 0 Å². The van der Waals surface area contributed by atoms with Crippen LogP contribution in [-0.2, 0) is 4.74 Å². The van der Waals surface area contributed by atoms with Crippen molar-refractivity contribution in [3.05, 3.63) is 59.9 Å². The number of ether oxygens (including phenoxy) is 1.